The van der Waals surface area contributed by atoms with Gasteiger partial charge in [0.1, 0.15) is 12.4 Å². The lowest BCUT2D eigenvalue weighted by Crippen LogP contribution is -2.45. The first-order valence-electron chi connectivity index (χ1n) is 7.88. The predicted molar refractivity (Wildman–Crippen MR) is 95.0 cm³/mol. The molecule has 6 heteroatoms. The van der Waals surface area contributed by atoms with E-state index in [2.05, 4.69) is 18.7 Å². The summed E-state index contributed by atoms with van der Waals surface area (Å²) >= 11 is 6.25. The van der Waals surface area contributed by atoms with Crippen molar-refractivity contribution < 1.29 is 14.6 Å². The van der Waals surface area contributed by atoms with Crippen molar-refractivity contribution >= 4 is 23.4 Å². The van der Waals surface area contributed by atoms with Crippen molar-refractivity contribution in [3.05, 3.63) is 23.2 Å². The predicted octanol–water partition coefficient (Wildman–Crippen LogP) is 4.34. The average molecular weight is 343 g/mol. The molecule has 0 atom stereocenters. The number of anilines is 1. The molecular formula is C17H27ClN2O3. The number of hydrogen-bond acceptors (Lipinski definition) is 3. The smallest absolute Gasteiger partial charge is 0.412 e. The first kappa shape index (κ1) is 19.6. The molecule has 1 aromatic rings. The number of carboxylic acid groups (broad SMARTS) is 1. The number of benzene rings is 1. The molecule has 1 N–H and O–H groups in total. The van der Waals surface area contributed by atoms with Crippen molar-refractivity contribution in [2.75, 3.05) is 31.1 Å². The summed E-state index contributed by atoms with van der Waals surface area (Å²) in [6.07, 6.45) is -1.01. The number of halogens is 1. The molecule has 1 aromatic carbocycles. The molecule has 5 nitrogen and oxygen atoms in total. The Kier molecular flexibility index (Phi) is 7.16. The molecule has 130 valence electrons. The van der Waals surface area contributed by atoms with Crippen LogP contribution in [0.4, 0.5) is 10.5 Å². The van der Waals surface area contributed by atoms with Crippen LogP contribution in [0, 0.1) is 0 Å². The number of rotatable bonds is 7. The molecule has 23 heavy (non-hydrogen) atoms. The third kappa shape index (κ3) is 5.59. The lowest BCUT2D eigenvalue weighted by atomic mass is 10.1. The third-order valence-electron chi connectivity index (χ3n) is 3.60. The lowest BCUT2D eigenvalue weighted by molar-refractivity contribution is 0.195. The quantitative estimate of drug-likeness (QED) is 0.800. The highest BCUT2D eigenvalue weighted by molar-refractivity contribution is 6.32. The van der Waals surface area contributed by atoms with Gasteiger partial charge in [-0.05, 0) is 52.1 Å². The van der Waals surface area contributed by atoms with Crippen LogP contribution >= 0.6 is 11.6 Å². The van der Waals surface area contributed by atoms with Crippen molar-refractivity contribution in [1.29, 1.82) is 0 Å². The third-order valence-corrected chi connectivity index (χ3v) is 3.89. The maximum atomic E-state index is 11.5. The van der Waals surface area contributed by atoms with E-state index in [1.807, 2.05) is 20.8 Å². The second kappa shape index (κ2) is 8.41. The first-order chi connectivity index (χ1) is 10.7. The number of hydrogen-bond donors (Lipinski definition) is 1. The minimum absolute atomic E-state index is 0.414. The van der Waals surface area contributed by atoms with Crippen LogP contribution in [0.15, 0.2) is 18.2 Å². The van der Waals surface area contributed by atoms with Gasteiger partial charge in [0.25, 0.3) is 0 Å². The second-order valence-corrected chi connectivity index (χ2v) is 6.69. The zero-order valence-electron chi connectivity index (χ0n) is 14.6. The fourth-order valence-corrected chi connectivity index (χ4v) is 2.58. The minimum Gasteiger partial charge on any atom is -0.491 e. The summed E-state index contributed by atoms with van der Waals surface area (Å²) in [6.45, 7) is 13.1. The molecule has 0 saturated carbocycles. The van der Waals surface area contributed by atoms with E-state index in [0.29, 0.717) is 23.1 Å². The Balaban J connectivity index is 2.83. The molecular weight excluding hydrogens is 316 g/mol. The molecule has 1 rings (SSSR count). The van der Waals surface area contributed by atoms with Crippen LogP contribution in [0.2, 0.25) is 5.02 Å². The molecule has 0 unspecified atom stereocenters. The van der Waals surface area contributed by atoms with Crippen LogP contribution in [0.1, 0.15) is 34.6 Å². The van der Waals surface area contributed by atoms with Crippen LogP contribution in [0.3, 0.4) is 0 Å². The fourth-order valence-electron chi connectivity index (χ4n) is 2.36. The Morgan fingerprint density at radius 1 is 1.26 bits per heavy atom. The van der Waals surface area contributed by atoms with Gasteiger partial charge in [0.05, 0.1) is 5.02 Å². The highest BCUT2D eigenvalue weighted by Gasteiger charge is 2.28. The summed E-state index contributed by atoms with van der Waals surface area (Å²) in [5.41, 5.74) is -0.0218. The maximum absolute atomic E-state index is 11.5. The van der Waals surface area contributed by atoms with Gasteiger partial charge >= 0.3 is 6.09 Å². The second-order valence-electron chi connectivity index (χ2n) is 6.28. The van der Waals surface area contributed by atoms with E-state index in [-0.39, 0.29) is 0 Å². The van der Waals surface area contributed by atoms with E-state index >= 15 is 0 Å². The number of likely N-dealkylation sites (N-methyl/N-ethyl adjacent to an activating group) is 1. The Hall–Kier alpha value is -1.46. The van der Waals surface area contributed by atoms with Crippen molar-refractivity contribution in [3.63, 3.8) is 0 Å². The van der Waals surface area contributed by atoms with Gasteiger partial charge in [-0.15, -0.1) is 0 Å². The van der Waals surface area contributed by atoms with Crippen molar-refractivity contribution in [3.8, 4) is 5.75 Å². The number of carbonyl (C=O) groups is 1. The van der Waals surface area contributed by atoms with E-state index in [9.17, 15) is 9.90 Å². The Bertz CT molecular complexity index is 525. The van der Waals surface area contributed by atoms with Gasteiger partial charge in [-0.1, -0.05) is 25.4 Å². The molecule has 0 heterocycles. The molecule has 0 aliphatic carbocycles. The number of amides is 1. The minimum atomic E-state index is -1.01. The van der Waals surface area contributed by atoms with Gasteiger partial charge in [0, 0.05) is 17.8 Å². The molecule has 0 aliphatic heterocycles. The molecule has 0 spiro atoms. The van der Waals surface area contributed by atoms with Crippen LogP contribution in [-0.4, -0.2) is 47.9 Å². The number of ether oxygens (including phenoxy) is 1. The summed E-state index contributed by atoms with van der Waals surface area (Å²) in [5.74, 6) is 0.571. The van der Waals surface area contributed by atoms with Crippen molar-refractivity contribution in [2.45, 2.75) is 40.2 Å². The Morgan fingerprint density at radius 2 is 1.87 bits per heavy atom. The zero-order valence-corrected chi connectivity index (χ0v) is 15.4. The van der Waals surface area contributed by atoms with Crippen molar-refractivity contribution in [2.24, 2.45) is 0 Å². The molecule has 0 radical (unpaired) electrons. The Morgan fingerprint density at radius 3 is 2.30 bits per heavy atom. The fraction of sp³-hybridized carbons (Fsp3) is 0.588. The van der Waals surface area contributed by atoms with E-state index in [0.717, 1.165) is 19.6 Å². The SMILES string of the molecule is CCN(CC)CCOc1ccc(N(C(=O)O)C(C)(C)C)cc1Cl. The lowest BCUT2D eigenvalue weighted by Gasteiger charge is -2.33. The highest BCUT2D eigenvalue weighted by atomic mass is 35.5. The average Bonchev–Trinajstić information content (AvgIpc) is 2.43. The normalized spacial score (nSPS) is 11.6. The van der Waals surface area contributed by atoms with Crippen molar-refractivity contribution in [1.82, 2.24) is 4.90 Å². The zero-order chi connectivity index (χ0) is 17.6. The van der Waals surface area contributed by atoms with Gasteiger partial charge in [-0.2, -0.15) is 0 Å². The van der Waals surface area contributed by atoms with Gasteiger partial charge in [0.15, 0.2) is 0 Å². The van der Waals surface area contributed by atoms with Crippen LogP contribution in [0.5, 0.6) is 5.75 Å². The maximum Gasteiger partial charge on any atom is 0.412 e. The van der Waals surface area contributed by atoms with Gasteiger partial charge in [-0.3, -0.25) is 4.90 Å². The van der Waals surface area contributed by atoms with E-state index in [1.54, 1.807) is 18.2 Å². The van der Waals surface area contributed by atoms with E-state index in [4.69, 9.17) is 16.3 Å². The van der Waals surface area contributed by atoms with Gasteiger partial charge in [-0.25, -0.2) is 4.79 Å². The molecule has 0 saturated heterocycles. The summed E-state index contributed by atoms with van der Waals surface area (Å²) in [7, 11) is 0. The standard InChI is InChI=1S/C17H27ClN2O3/c1-6-19(7-2)10-11-23-15-9-8-13(12-14(15)18)20(16(21)22)17(3,4)5/h8-9,12H,6-7,10-11H2,1-5H3,(H,21,22). The summed E-state index contributed by atoms with van der Waals surface area (Å²) in [4.78, 5) is 15.1. The molecule has 0 aromatic heterocycles. The van der Waals surface area contributed by atoms with Crippen LogP contribution < -0.4 is 9.64 Å². The van der Waals surface area contributed by atoms with Gasteiger partial charge < -0.3 is 14.7 Å². The first-order valence-corrected chi connectivity index (χ1v) is 8.26. The molecule has 1 amide bonds. The molecule has 0 aliphatic rings. The summed E-state index contributed by atoms with van der Waals surface area (Å²) in [6, 6.07) is 5.08. The highest BCUT2D eigenvalue weighted by Crippen LogP contribution is 2.32. The topological polar surface area (TPSA) is 53.0 Å². The van der Waals surface area contributed by atoms with Crippen LogP contribution in [0.25, 0.3) is 0 Å². The van der Waals surface area contributed by atoms with Crippen LogP contribution in [-0.2, 0) is 0 Å². The molecule has 0 bridgehead atoms. The summed E-state index contributed by atoms with van der Waals surface area (Å²) < 4.78 is 5.71. The molecule has 0 fully saturated rings. The van der Waals surface area contributed by atoms with E-state index in [1.165, 1.54) is 4.90 Å². The monoisotopic (exact) mass is 342 g/mol. The Labute approximate surface area is 143 Å². The number of nitrogens with zero attached hydrogens (tertiary/aromatic N) is 2. The van der Waals surface area contributed by atoms with Gasteiger partial charge in [0.2, 0.25) is 0 Å². The van der Waals surface area contributed by atoms with E-state index < -0.39 is 11.6 Å². The summed E-state index contributed by atoms with van der Waals surface area (Å²) in [5, 5.41) is 9.84. The largest absolute Gasteiger partial charge is 0.491 e.